The third-order valence-corrected chi connectivity index (χ3v) is 6.81. The fourth-order valence-electron chi connectivity index (χ4n) is 3.95. The van der Waals surface area contributed by atoms with Crippen molar-refractivity contribution in [2.45, 2.75) is 60.8 Å². The molecule has 0 saturated heterocycles. The van der Waals surface area contributed by atoms with Crippen LogP contribution in [0.4, 0.5) is 10.7 Å². The largest absolute Gasteiger partial charge is 0.322 e. The summed E-state index contributed by atoms with van der Waals surface area (Å²) in [4.78, 5) is 26.2. The molecule has 3 rings (SSSR count). The predicted octanol–water partition coefficient (Wildman–Crippen LogP) is 5.73. The van der Waals surface area contributed by atoms with Crippen LogP contribution in [0.1, 0.15) is 66.0 Å². The normalized spacial score (nSPS) is 16.4. The van der Waals surface area contributed by atoms with Gasteiger partial charge in [-0.25, -0.2) is 0 Å². The van der Waals surface area contributed by atoms with Crippen LogP contribution >= 0.6 is 11.3 Å². The van der Waals surface area contributed by atoms with E-state index in [0.717, 1.165) is 41.6 Å². The average molecular weight is 399 g/mol. The van der Waals surface area contributed by atoms with E-state index < -0.39 is 0 Å². The van der Waals surface area contributed by atoms with E-state index in [1.807, 2.05) is 26.0 Å². The first-order valence-corrected chi connectivity index (χ1v) is 10.7. The summed E-state index contributed by atoms with van der Waals surface area (Å²) in [5.41, 5.74) is 4.99. The lowest BCUT2D eigenvalue weighted by Gasteiger charge is -2.33. The van der Waals surface area contributed by atoms with Crippen molar-refractivity contribution in [1.82, 2.24) is 0 Å². The molecule has 2 amide bonds. The maximum absolute atomic E-state index is 13.2. The third-order valence-electron chi connectivity index (χ3n) is 5.64. The molecule has 2 aromatic rings. The highest BCUT2D eigenvalue weighted by atomic mass is 32.1. The van der Waals surface area contributed by atoms with Gasteiger partial charge in [0.1, 0.15) is 5.00 Å². The highest BCUT2D eigenvalue weighted by Crippen LogP contribution is 2.44. The number of nitrogens with one attached hydrogen (secondary N) is 2. The minimum absolute atomic E-state index is 0.137. The Morgan fingerprint density at radius 1 is 1.14 bits per heavy atom. The molecule has 1 heterocycles. The van der Waals surface area contributed by atoms with Crippen LogP contribution in [0.25, 0.3) is 0 Å². The molecule has 4 nitrogen and oxygen atoms in total. The second-order valence-electron chi connectivity index (χ2n) is 8.97. The van der Waals surface area contributed by atoms with Gasteiger partial charge in [-0.3, -0.25) is 9.59 Å². The molecule has 0 fully saturated rings. The van der Waals surface area contributed by atoms with E-state index in [0.29, 0.717) is 16.5 Å². The quantitative estimate of drug-likeness (QED) is 0.694. The van der Waals surface area contributed by atoms with Gasteiger partial charge in [0.25, 0.3) is 5.91 Å². The van der Waals surface area contributed by atoms with Gasteiger partial charge in [0.15, 0.2) is 0 Å². The zero-order valence-corrected chi connectivity index (χ0v) is 18.5. The Balaban J connectivity index is 1.96. The molecule has 1 aliphatic carbocycles. The lowest BCUT2D eigenvalue weighted by Crippen LogP contribution is -2.27. The Morgan fingerprint density at radius 2 is 1.86 bits per heavy atom. The van der Waals surface area contributed by atoms with Gasteiger partial charge in [-0.05, 0) is 61.6 Å². The number of fused-ring (bicyclic) bond motifs is 1. The van der Waals surface area contributed by atoms with Gasteiger partial charge in [-0.1, -0.05) is 38.5 Å². The Morgan fingerprint density at radius 3 is 2.46 bits per heavy atom. The van der Waals surface area contributed by atoms with Crippen molar-refractivity contribution in [2.75, 3.05) is 10.6 Å². The van der Waals surface area contributed by atoms with Crippen LogP contribution in [-0.2, 0) is 17.6 Å². The van der Waals surface area contributed by atoms with Crippen molar-refractivity contribution < 1.29 is 9.59 Å². The molecule has 150 valence electrons. The number of benzene rings is 1. The summed E-state index contributed by atoms with van der Waals surface area (Å²) in [5, 5.41) is 6.63. The summed E-state index contributed by atoms with van der Waals surface area (Å²) in [7, 11) is 0. The molecule has 1 aromatic carbocycles. The average Bonchev–Trinajstić information content (AvgIpc) is 2.92. The number of thiophene rings is 1. The molecule has 1 aliphatic rings. The second-order valence-corrected chi connectivity index (χ2v) is 10.1. The molecular formula is C23H30N2O2S. The van der Waals surface area contributed by atoms with Crippen molar-refractivity contribution >= 4 is 33.8 Å². The zero-order chi connectivity index (χ0) is 20.6. The van der Waals surface area contributed by atoms with Crippen LogP contribution in [0.2, 0.25) is 0 Å². The summed E-state index contributed by atoms with van der Waals surface area (Å²) in [5.74, 6) is 0.299. The molecule has 0 saturated carbocycles. The first-order chi connectivity index (χ1) is 13.1. The third kappa shape index (κ3) is 4.30. The fourth-order valence-corrected chi connectivity index (χ4v) is 5.32. The highest BCUT2D eigenvalue weighted by molar-refractivity contribution is 7.17. The second kappa shape index (κ2) is 7.70. The van der Waals surface area contributed by atoms with Gasteiger partial charge in [-0.15, -0.1) is 11.3 Å². The number of carbonyl (C=O) groups excluding carboxylic acids is 2. The number of aryl methyl sites for hydroxylation is 2. The van der Waals surface area contributed by atoms with Gasteiger partial charge in [0.2, 0.25) is 5.91 Å². The number of anilines is 2. The summed E-state index contributed by atoms with van der Waals surface area (Å²) >= 11 is 1.56. The number of carbonyl (C=O) groups is 2. The van der Waals surface area contributed by atoms with Crippen molar-refractivity contribution in [2.24, 2.45) is 11.3 Å². The summed E-state index contributed by atoms with van der Waals surface area (Å²) in [6.45, 7) is 12.3. The highest BCUT2D eigenvalue weighted by Gasteiger charge is 2.34. The molecule has 0 unspecified atom stereocenters. The van der Waals surface area contributed by atoms with Crippen molar-refractivity contribution in [3.8, 4) is 0 Å². The molecule has 0 aliphatic heterocycles. The smallest absolute Gasteiger partial charge is 0.258 e. The van der Waals surface area contributed by atoms with E-state index in [1.165, 1.54) is 11.8 Å². The molecule has 0 radical (unpaired) electrons. The molecule has 2 N–H and O–H groups in total. The summed E-state index contributed by atoms with van der Waals surface area (Å²) in [6.07, 6.45) is 2.91. The predicted molar refractivity (Wildman–Crippen MR) is 117 cm³/mol. The van der Waals surface area contributed by atoms with E-state index in [9.17, 15) is 9.59 Å². The Hall–Kier alpha value is -2.14. The molecule has 1 atom stereocenters. The number of hydrogen-bond acceptors (Lipinski definition) is 3. The molecule has 28 heavy (non-hydrogen) atoms. The SMILES string of the molecule is CC(=O)Nc1sc2c(c1C(=O)Nc1ccc(C)cc1C)CC[C@@H](C(C)(C)C)C2. The number of rotatable bonds is 3. The van der Waals surface area contributed by atoms with E-state index in [-0.39, 0.29) is 17.2 Å². The molecule has 0 bridgehead atoms. The molecule has 0 spiro atoms. The first kappa shape index (κ1) is 20.6. The van der Waals surface area contributed by atoms with Crippen LogP contribution in [0, 0.1) is 25.2 Å². The van der Waals surface area contributed by atoms with E-state index in [2.05, 4.69) is 37.5 Å². The lowest BCUT2D eigenvalue weighted by molar-refractivity contribution is -0.114. The number of hydrogen-bond donors (Lipinski definition) is 2. The lowest BCUT2D eigenvalue weighted by atomic mass is 9.72. The molecular weight excluding hydrogens is 368 g/mol. The van der Waals surface area contributed by atoms with Crippen molar-refractivity contribution in [3.63, 3.8) is 0 Å². The standard InChI is InChI=1S/C23H30N2O2S/c1-13-7-10-18(14(2)11-13)25-21(27)20-17-9-8-16(23(4,5)6)12-19(17)28-22(20)24-15(3)26/h7,10-11,16H,8-9,12H2,1-6H3,(H,24,26)(H,25,27)/t16-/m1/s1. The number of amides is 2. The summed E-state index contributed by atoms with van der Waals surface area (Å²) < 4.78 is 0. The zero-order valence-electron chi connectivity index (χ0n) is 17.7. The summed E-state index contributed by atoms with van der Waals surface area (Å²) in [6, 6.07) is 5.99. The maximum Gasteiger partial charge on any atom is 0.258 e. The topological polar surface area (TPSA) is 58.2 Å². The van der Waals surface area contributed by atoms with Crippen molar-refractivity contribution in [1.29, 1.82) is 0 Å². The van der Waals surface area contributed by atoms with Gasteiger partial charge in [-0.2, -0.15) is 0 Å². The Bertz CT molecular complexity index is 921. The minimum atomic E-state index is -0.147. The van der Waals surface area contributed by atoms with Gasteiger partial charge in [0, 0.05) is 17.5 Å². The Kier molecular flexibility index (Phi) is 5.67. The first-order valence-electron chi connectivity index (χ1n) is 9.87. The molecule has 1 aromatic heterocycles. The molecule has 5 heteroatoms. The monoisotopic (exact) mass is 398 g/mol. The van der Waals surface area contributed by atoms with E-state index in [4.69, 9.17) is 0 Å². The van der Waals surface area contributed by atoms with Crippen LogP contribution in [-0.4, -0.2) is 11.8 Å². The van der Waals surface area contributed by atoms with Crippen LogP contribution in [0.3, 0.4) is 0 Å². The van der Waals surface area contributed by atoms with Crippen LogP contribution in [0.15, 0.2) is 18.2 Å². The maximum atomic E-state index is 13.2. The van der Waals surface area contributed by atoms with Gasteiger partial charge in [0.05, 0.1) is 5.56 Å². The van der Waals surface area contributed by atoms with Crippen LogP contribution < -0.4 is 10.6 Å². The van der Waals surface area contributed by atoms with Gasteiger partial charge >= 0.3 is 0 Å². The van der Waals surface area contributed by atoms with E-state index >= 15 is 0 Å². The minimum Gasteiger partial charge on any atom is -0.322 e. The Labute approximate surface area is 171 Å². The van der Waals surface area contributed by atoms with Crippen molar-refractivity contribution in [3.05, 3.63) is 45.3 Å². The van der Waals surface area contributed by atoms with Gasteiger partial charge < -0.3 is 10.6 Å². The van der Waals surface area contributed by atoms with Crippen LogP contribution in [0.5, 0.6) is 0 Å². The fraction of sp³-hybridized carbons (Fsp3) is 0.478. The van der Waals surface area contributed by atoms with E-state index in [1.54, 1.807) is 11.3 Å².